The van der Waals surface area contributed by atoms with Gasteiger partial charge >= 0.3 is 0 Å². The van der Waals surface area contributed by atoms with E-state index < -0.39 is 6.10 Å². The maximum absolute atomic E-state index is 13.8. The summed E-state index contributed by atoms with van der Waals surface area (Å²) in [4.78, 5) is 0. The lowest BCUT2D eigenvalue weighted by molar-refractivity contribution is 0.222. The Morgan fingerprint density at radius 3 is 2.40 bits per heavy atom. The van der Waals surface area contributed by atoms with Gasteiger partial charge in [-0.2, -0.15) is 0 Å². The van der Waals surface area contributed by atoms with E-state index in [1.54, 1.807) is 18.2 Å². The highest BCUT2D eigenvalue weighted by Crippen LogP contribution is 2.31. The molecule has 0 bridgehead atoms. The molecule has 0 radical (unpaired) electrons. The molecule has 0 saturated carbocycles. The molecular formula is C17H12BrFO. The van der Waals surface area contributed by atoms with Gasteiger partial charge in [0.05, 0.1) is 0 Å². The smallest absolute Gasteiger partial charge is 0.131 e. The van der Waals surface area contributed by atoms with Gasteiger partial charge in [0.2, 0.25) is 0 Å². The molecule has 3 aromatic carbocycles. The van der Waals surface area contributed by atoms with E-state index in [1.165, 1.54) is 6.07 Å². The first kappa shape index (κ1) is 13.3. The van der Waals surface area contributed by atoms with E-state index in [1.807, 2.05) is 36.4 Å². The molecule has 0 aliphatic carbocycles. The van der Waals surface area contributed by atoms with Crippen LogP contribution in [0, 0.1) is 5.82 Å². The fraction of sp³-hybridized carbons (Fsp3) is 0.0588. The maximum atomic E-state index is 13.8. The van der Waals surface area contributed by atoms with E-state index in [0.717, 1.165) is 15.4 Å². The van der Waals surface area contributed by atoms with E-state index in [4.69, 9.17) is 0 Å². The highest BCUT2D eigenvalue weighted by Gasteiger charge is 2.15. The molecule has 0 fully saturated rings. The van der Waals surface area contributed by atoms with Gasteiger partial charge in [0, 0.05) is 9.86 Å². The van der Waals surface area contributed by atoms with Crippen molar-refractivity contribution in [3.05, 3.63) is 82.1 Å². The van der Waals surface area contributed by atoms with Crippen LogP contribution in [-0.2, 0) is 0 Å². The first-order chi connectivity index (χ1) is 9.66. The fourth-order valence-corrected chi connectivity index (χ4v) is 2.80. The van der Waals surface area contributed by atoms with Crippen LogP contribution in [-0.4, -0.2) is 5.11 Å². The summed E-state index contributed by atoms with van der Waals surface area (Å²) in [5, 5.41) is 11.8. The molecular weight excluding hydrogens is 319 g/mol. The molecule has 3 rings (SSSR count). The number of halogens is 2. The summed E-state index contributed by atoms with van der Waals surface area (Å²) in [6.45, 7) is 0. The van der Waals surface area contributed by atoms with Crippen molar-refractivity contribution in [1.29, 1.82) is 0 Å². The van der Waals surface area contributed by atoms with Crippen LogP contribution in [0.1, 0.15) is 17.2 Å². The van der Waals surface area contributed by atoms with Crippen LogP contribution >= 0.6 is 15.9 Å². The summed E-state index contributed by atoms with van der Waals surface area (Å²) in [6.07, 6.45) is -0.780. The minimum atomic E-state index is -0.780. The Hall–Kier alpha value is -1.71. The maximum Gasteiger partial charge on any atom is 0.131 e. The van der Waals surface area contributed by atoms with Crippen molar-refractivity contribution in [2.75, 3.05) is 0 Å². The average Bonchev–Trinajstić information content (AvgIpc) is 2.47. The molecule has 0 heterocycles. The zero-order valence-electron chi connectivity index (χ0n) is 10.6. The van der Waals surface area contributed by atoms with Crippen molar-refractivity contribution in [2.24, 2.45) is 0 Å². The molecule has 1 nitrogen and oxygen atoms in total. The first-order valence-corrected chi connectivity index (χ1v) is 7.07. The van der Waals surface area contributed by atoms with Crippen molar-refractivity contribution in [3.63, 3.8) is 0 Å². The van der Waals surface area contributed by atoms with E-state index in [-0.39, 0.29) is 5.82 Å². The zero-order chi connectivity index (χ0) is 14.1. The van der Waals surface area contributed by atoms with Crippen LogP contribution in [0.3, 0.4) is 0 Å². The number of rotatable bonds is 2. The number of hydrogen-bond acceptors (Lipinski definition) is 1. The third-order valence-corrected chi connectivity index (χ3v) is 3.86. The molecule has 0 amide bonds. The Morgan fingerprint density at radius 2 is 1.65 bits per heavy atom. The van der Waals surface area contributed by atoms with Crippen LogP contribution in [0.25, 0.3) is 10.8 Å². The summed E-state index contributed by atoms with van der Waals surface area (Å²) in [7, 11) is 0. The fourth-order valence-electron chi connectivity index (χ4n) is 2.38. The van der Waals surface area contributed by atoms with Crippen molar-refractivity contribution >= 4 is 26.7 Å². The van der Waals surface area contributed by atoms with E-state index in [9.17, 15) is 9.50 Å². The summed E-state index contributed by atoms with van der Waals surface area (Å²) < 4.78 is 14.7. The predicted octanol–water partition coefficient (Wildman–Crippen LogP) is 4.82. The molecule has 100 valence electrons. The molecule has 0 aromatic heterocycles. The van der Waals surface area contributed by atoms with Crippen LogP contribution < -0.4 is 0 Å². The summed E-state index contributed by atoms with van der Waals surface area (Å²) in [5.74, 6) is -0.272. The SMILES string of the molecule is OC(c1cccc(Br)c1)c1ccc(F)c2ccccc12. The van der Waals surface area contributed by atoms with Gasteiger partial charge in [0.15, 0.2) is 0 Å². The van der Waals surface area contributed by atoms with E-state index in [2.05, 4.69) is 15.9 Å². The monoisotopic (exact) mass is 330 g/mol. The van der Waals surface area contributed by atoms with Gasteiger partial charge in [-0.15, -0.1) is 0 Å². The Balaban J connectivity index is 2.17. The molecule has 0 aliphatic rings. The molecule has 1 N–H and O–H groups in total. The van der Waals surface area contributed by atoms with Crippen molar-refractivity contribution < 1.29 is 9.50 Å². The van der Waals surface area contributed by atoms with Crippen LogP contribution in [0.2, 0.25) is 0 Å². The highest BCUT2D eigenvalue weighted by molar-refractivity contribution is 9.10. The number of hydrogen-bond donors (Lipinski definition) is 1. The van der Waals surface area contributed by atoms with Crippen molar-refractivity contribution in [2.45, 2.75) is 6.10 Å². The third kappa shape index (κ3) is 2.35. The lowest BCUT2D eigenvalue weighted by atomic mass is 9.96. The first-order valence-electron chi connectivity index (χ1n) is 6.27. The lowest BCUT2D eigenvalue weighted by Crippen LogP contribution is -2.01. The highest BCUT2D eigenvalue weighted by atomic mass is 79.9. The minimum Gasteiger partial charge on any atom is -0.384 e. The van der Waals surface area contributed by atoms with Gasteiger partial charge in [-0.05, 0) is 34.7 Å². The Bertz CT molecular complexity index is 770. The van der Waals surface area contributed by atoms with Gasteiger partial charge in [0.25, 0.3) is 0 Å². The molecule has 0 spiro atoms. The van der Waals surface area contributed by atoms with Gasteiger partial charge < -0.3 is 5.11 Å². The Kier molecular flexibility index (Phi) is 3.55. The largest absolute Gasteiger partial charge is 0.384 e. The second-order valence-electron chi connectivity index (χ2n) is 4.64. The molecule has 0 saturated heterocycles. The zero-order valence-corrected chi connectivity index (χ0v) is 12.1. The topological polar surface area (TPSA) is 20.2 Å². The number of aliphatic hydroxyl groups excluding tert-OH is 1. The lowest BCUT2D eigenvalue weighted by Gasteiger charge is -2.15. The molecule has 3 aromatic rings. The van der Waals surface area contributed by atoms with Crippen molar-refractivity contribution in [3.8, 4) is 0 Å². The van der Waals surface area contributed by atoms with Crippen LogP contribution in [0.15, 0.2) is 65.1 Å². The number of aliphatic hydroxyl groups is 1. The Labute approximate surface area is 124 Å². The second-order valence-corrected chi connectivity index (χ2v) is 5.56. The number of fused-ring (bicyclic) bond motifs is 1. The molecule has 1 unspecified atom stereocenters. The standard InChI is InChI=1S/C17H12BrFO/c18-12-5-3-4-11(10-12)17(20)15-8-9-16(19)14-7-2-1-6-13(14)15/h1-10,17,20H. The van der Waals surface area contributed by atoms with Gasteiger partial charge in [-0.1, -0.05) is 58.4 Å². The summed E-state index contributed by atoms with van der Waals surface area (Å²) >= 11 is 3.39. The normalized spacial score (nSPS) is 12.6. The van der Waals surface area contributed by atoms with E-state index >= 15 is 0 Å². The molecule has 20 heavy (non-hydrogen) atoms. The predicted molar refractivity (Wildman–Crippen MR) is 82.1 cm³/mol. The van der Waals surface area contributed by atoms with Crippen LogP contribution in [0.5, 0.6) is 0 Å². The molecule has 3 heteroatoms. The quantitative estimate of drug-likeness (QED) is 0.714. The van der Waals surface area contributed by atoms with E-state index in [0.29, 0.717) is 10.9 Å². The summed E-state index contributed by atoms with van der Waals surface area (Å²) in [5.41, 5.74) is 1.48. The van der Waals surface area contributed by atoms with Gasteiger partial charge in [0.1, 0.15) is 11.9 Å². The van der Waals surface area contributed by atoms with Crippen molar-refractivity contribution in [1.82, 2.24) is 0 Å². The van der Waals surface area contributed by atoms with Gasteiger partial charge in [-0.25, -0.2) is 4.39 Å². The third-order valence-electron chi connectivity index (χ3n) is 3.36. The Morgan fingerprint density at radius 1 is 0.900 bits per heavy atom. The number of benzene rings is 3. The average molecular weight is 331 g/mol. The van der Waals surface area contributed by atoms with Crippen LogP contribution in [0.4, 0.5) is 4.39 Å². The summed E-state index contributed by atoms with van der Waals surface area (Å²) in [6, 6.07) is 17.7. The minimum absolute atomic E-state index is 0.272. The second kappa shape index (κ2) is 5.35. The molecule has 1 atom stereocenters. The molecule has 0 aliphatic heterocycles. The van der Waals surface area contributed by atoms with Gasteiger partial charge in [-0.3, -0.25) is 0 Å².